The number of urea groups is 1. The van der Waals surface area contributed by atoms with Crippen molar-refractivity contribution in [2.75, 3.05) is 11.9 Å². The van der Waals surface area contributed by atoms with E-state index in [9.17, 15) is 4.79 Å². The molecule has 4 nitrogen and oxygen atoms in total. The Morgan fingerprint density at radius 3 is 2.77 bits per heavy atom. The van der Waals surface area contributed by atoms with Crippen molar-refractivity contribution in [3.63, 3.8) is 0 Å². The lowest BCUT2D eigenvalue weighted by atomic mass is 10.0. The highest BCUT2D eigenvalue weighted by molar-refractivity contribution is 6.04. The summed E-state index contributed by atoms with van der Waals surface area (Å²) in [6.45, 7) is 2.10. The Kier molecular flexibility index (Phi) is 4.29. The number of amides is 2. The van der Waals surface area contributed by atoms with E-state index in [1.807, 2.05) is 13.0 Å². The molecule has 0 saturated carbocycles. The van der Waals surface area contributed by atoms with Crippen LogP contribution in [0.4, 0.5) is 10.5 Å². The molecule has 116 valence electrons. The number of aryl methyl sites for hydroxylation is 2. The van der Waals surface area contributed by atoms with E-state index in [2.05, 4.69) is 34.9 Å². The highest BCUT2D eigenvalue weighted by atomic mass is 16.3. The highest BCUT2D eigenvalue weighted by Crippen LogP contribution is 2.34. The Morgan fingerprint density at radius 1 is 1.23 bits per heavy atom. The van der Waals surface area contributed by atoms with Gasteiger partial charge < -0.3 is 15.7 Å². The van der Waals surface area contributed by atoms with E-state index in [0.717, 1.165) is 30.3 Å². The van der Waals surface area contributed by atoms with Crippen molar-refractivity contribution in [3.8, 4) is 0 Å². The minimum Gasteiger partial charge on any atom is -0.396 e. The molecule has 2 aromatic carbocycles. The molecule has 4 heteroatoms. The average molecular weight is 298 g/mol. The molecule has 22 heavy (non-hydrogen) atoms. The molecule has 3 rings (SSSR count). The number of hydrogen-bond donors (Lipinski definition) is 3. The Labute approximate surface area is 130 Å². The van der Waals surface area contributed by atoms with Crippen LogP contribution in [0.1, 0.15) is 30.9 Å². The van der Waals surface area contributed by atoms with Crippen LogP contribution in [0.25, 0.3) is 10.8 Å². The summed E-state index contributed by atoms with van der Waals surface area (Å²) in [5.74, 6) is 0. The smallest absolute Gasteiger partial charge is 0.319 e. The Morgan fingerprint density at radius 2 is 2.00 bits per heavy atom. The number of hydrogen-bond acceptors (Lipinski definition) is 2. The number of carbonyl (C=O) groups excluding carboxylic acids is 1. The van der Waals surface area contributed by atoms with Gasteiger partial charge in [0.25, 0.3) is 0 Å². The monoisotopic (exact) mass is 298 g/mol. The number of rotatable bonds is 5. The molecular formula is C18H22N2O2. The van der Waals surface area contributed by atoms with Gasteiger partial charge in [-0.05, 0) is 55.2 Å². The number of benzene rings is 2. The number of aliphatic hydroxyl groups is 1. The Bertz CT molecular complexity index is 687. The molecule has 0 fully saturated rings. The van der Waals surface area contributed by atoms with Crippen molar-refractivity contribution < 1.29 is 9.90 Å². The first-order valence-corrected chi connectivity index (χ1v) is 7.91. The third kappa shape index (κ3) is 2.92. The second-order valence-corrected chi connectivity index (χ2v) is 5.98. The topological polar surface area (TPSA) is 61.4 Å². The summed E-state index contributed by atoms with van der Waals surface area (Å²) in [6.07, 6.45) is 3.64. The molecule has 0 saturated heterocycles. The minimum absolute atomic E-state index is 0.0453. The first-order chi connectivity index (χ1) is 10.7. The molecular weight excluding hydrogens is 276 g/mol. The normalized spacial score (nSPS) is 14.1. The molecule has 1 atom stereocenters. The van der Waals surface area contributed by atoms with E-state index in [1.54, 1.807) is 0 Å². The molecule has 0 spiro atoms. The fourth-order valence-corrected chi connectivity index (χ4v) is 3.21. The fourth-order valence-electron chi connectivity index (χ4n) is 3.21. The maximum atomic E-state index is 12.1. The minimum atomic E-state index is -0.191. The maximum Gasteiger partial charge on any atom is 0.319 e. The van der Waals surface area contributed by atoms with Gasteiger partial charge in [0.1, 0.15) is 0 Å². The van der Waals surface area contributed by atoms with E-state index in [1.165, 1.54) is 16.5 Å². The van der Waals surface area contributed by atoms with Crippen LogP contribution >= 0.6 is 0 Å². The summed E-state index contributed by atoms with van der Waals surface area (Å²) < 4.78 is 0. The molecule has 2 aromatic rings. The van der Waals surface area contributed by atoms with Gasteiger partial charge in [0, 0.05) is 18.0 Å². The van der Waals surface area contributed by atoms with E-state index in [4.69, 9.17) is 5.11 Å². The van der Waals surface area contributed by atoms with Gasteiger partial charge in [0.15, 0.2) is 0 Å². The first kappa shape index (κ1) is 14.9. The quantitative estimate of drug-likeness (QED) is 0.793. The van der Waals surface area contributed by atoms with Crippen LogP contribution in [-0.4, -0.2) is 23.8 Å². The SMILES string of the molecule is CC(CCCO)NC(=O)Nc1ccc2c3c(cccc13)CC2. The van der Waals surface area contributed by atoms with Gasteiger partial charge in [0.2, 0.25) is 0 Å². The molecule has 2 amide bonds. The zero-order chi connectivity index (χ0) is 15.5. The zero-order valence-electron chi connectivity index (χ0n) is 12.9. The van der Waals surface area contributed by atoms with E-state index in [0.29, 0.717) is 6.42 Å². The highest BCUT2D eigenvalue weighted by Gasteiger charge is 2.16. The third-order valence-corrected chi connectivity index (χ3v) is 4.30. The predicted molar refractivity (Wildman–Crippen MR) is 89.3 cm³/mol. The van der Waals surface area contributed by atoms with Crippen LogP contribution in [0.3, 0.4) is 0 Å². The van der Waals surface area contributed by atoms with Crippen LogP contribution in [0.2, 0.25) is 0 Å². The van der Waals surface area contributed by atoms with E-state index in [-0.39, 0.29) is 18.7 Å². The lowest BCUT2D eigenvalue weighted by molar-refractivity contribution is 0.245. The first-order valence-electron chi connectivity index (χ1n) is 7.91. The summed E-state index contributed by atoms with van der Waals surface area (Å²) in [5.41, 5.74) is 3.59. The summed E-state index contributed by atoms with van der Waals surface area (Å²) in [4.78, 5) is 12.1. The Hall–Kier alpha value is -2.07. The van der Waals surface area contributed by atoms with Gasteiger partial charge in [-0.2, -0.15) is 0 Å². The molecule has 1 unspecified atom stereocenters. The number of anilines is 1. The molecule has 0 aliphatic heterocycles. The second kappa shape index (κ2) is 6.36. The van der Waals surface area contributed by atoms with Crippen molar-refractivity contribution in [2.45, 2.75) is 38.6 Å². The van der Waals surface area contributed by atoms with E-state index >= 15 is 0 Å². The van der Waals surface area contributed by atoms with Crippen molar-refractivity contribution in [3.05, 3.63) is 41.5 Å². The van der Waals surface area contributed by atoms with Gasteiger partial charge in [-0.15, -0.1) is 0 Å². The van der Waals surface area contributed by atoms with E-state index < -0.39 is 0 Å². The van der Waals surface area contributed by atoms with Crippen LogP contribution < -0.4 is 10.6 Å². The average Bonchev–Trinajstić information content (AvgIpc) is 2.93. The van der Waals surface area contributed by atoms with Crippen LogP contribution in [-0.2, 0) is 12.8 Å². The predicted octanol–water partition coefficient (Wildman–Crippen LogP) is 3.22. The van der Waals surface area contributed by atoms with Crippen molar-refractivity contribution in [2.24, 2.45) is 0 Å². The van der Waals surface area contributed by atoms with Crippen LogP contribution in [0, 0.1) is 0 Å². The molecule has 0 bridgehead atoms. The summed E-state index contributed by atoms with van der Waals surface area (Å²) in [5, 5.41) is 17.1. The lowest BCUT2D eigenvalue weighted by Crippen LogP contribution is -2.36. The second-order valence-electron chi connectivity index (χ2n) is 5.98. The Balaban J connectivity index is 1.76. The number of nitrogens with one attached hydrogen (secondary N) is 2. The van der Waals surface area contributed by atoms with Gasteiger partial charge in [0.05, 0.1) is 5.69 Å². The summed E-state index contributed by atoms with van der Waals surface area (Å²) >= 11 is 0. The summed E-state index contributed by atoms with van der Waals surface area (Å²) in [7, 11) is 0. The number of carbonyl (C=O) groups is 1. The van der Waals surface area contributed by atoms with Gasteiger partial charge in [-0.1, -0.05) is 24.3 Å². The molecule has 0 radical (unpaired) electrons. The molecule has 0 aromatic heterocycles. The van der Waals surface area contributed by atoms with Crippen molar-refractivity contribution in [1.29, 1.82) is 0 Å². The van der Waals surface area contributed by atoms with Crippen LogP contribution in [0.5, 0.6) is 0 Å². The lowest BCUT2D eigenvalue weighted by Gasteiger charge is -2.15. The fraction of sp³-hybridized carbons (Fsp3) is 0.389. The molecule has 3 N–H and O–H groups in total. The van der Waals surface area contributed by atoms with Gasteiger partial charge in [-0.25, -0.2) is 4.79 Å². The van der Waals surface area contributed by atoms with Gasteiger partial charge in [-0.3, -0.25) is 0 Å². The maximum absolute atomic E-state index is 12.1. The molecule has 1 aliphatic carbocycles. The molecule has 0 heterocycles. The van der Waals surface area contributed by atoms with Gasteiger partial charge >= 0.3 is 6.03 Å². The zero-order valence-corrected chi connectivity index (χ0v) is 12.9. The third-order valence-electron chi connectivity index (χ3n) is 4.30. The van der Waals surface area contributed by atoms with Crippen molar-refractivity contribution >= 4 is 22.5 Å². The number of aliphatic hydroxyl groups excluding tert-OH is 1. The summed E-state index contributed by atoms with van der Waals surface area (Å²) in [6, 6.07) is 10.2. The standard InChI is InChI=1S/C18H22N2O2/c1-12(4-3-11-21)19-18(22)20-16-10-9-14-8-7-13-5-2-6-15(16)17(13)14/h2,5-6,9-10,12,21H,3-4,7-8,11H2,1H3,(H2,19,20,22). The largest absolute Gasteiger partial charge is 0.396 e. The molecule has 1 aliphatic rings. The van der Waals surface area contributed by atoms with Crippen LogP contribution in [0.15, 0.2) is 30.3 Å². The van der Waals surface area contributed by atoms with Crippen molar-refractivity contribution in [1.82, 2.24) is 5.32 Å².